The van der Waals surface area contributed by atoms with Crippen molar-refractivity contribution in [1.82, 2.24) is 5.32 Å². The fraction of sp³-hybridized carbons (Fsp3) is 0.562. The normalized spacial score (nSPS) is 17.2. The Morgan fingerprint density at radius 2 is 1.83 bits per heavy atom. The summed E-state index contributed by atoms with van der Waals surface area (Å²) in [7, 11) is -3.24. The van der Waals surface area contributed by atoms with Crippen LogP contribution in [-0.4, -0.2) is 39.1 Å². The molecule has 1 fully saturated rings. The molecule has 1 amide bonds. The van der Waals surface area contributed by atoms with E-state index in [1.54, 1.807) is 52.0 Å². The SMILES string of the molecule is CCS(=O)(=O)c1ccc(C2(NC(=O)OC(C)(C)C)COC2)cc1. The number of rotatable bonds is 4. The van der Waals surface area contributed by atoms with E-state index >= 15 is 0 Å². The van der Waals surface area contributed by atoms with Gasteiger partial charge in [0.15, 0.2) is 9.84 Å². The van der Waals surface area contributed by atoms with Gasteiger partial charge in [-0.15, -0.1) is 0 Å². The maximum absolute atomic E-state index is 12.0. The van der Waals surface area contributed by atoms with Gasteiger partial charge in [-0.05, 0) is 38.5 Å². The smallest absolute Gasteiger partial charge is 0.408 e. The molecular formula is C16H23NO5S. The van der Waals surface area contributed by atoms with Crippen LogP contribution < -0.4 is 5.32 Å². The van der Waals surface area contributed by atoms with Gasteiger partial charge in [0.1, 0.15) is 11.1 Å². The first kappa shape index (κ1) is 17.7. The van der Waals surface area contributed by atoms with E-state index in [-0.39, 0.29) is 10.6 Å². The zero-order valence-electron chi connectivity index (χ0n) is 13.9. The quantitative estimate of drug-likeness (QED) is 0.908. The minimum Gasteiger partial charge on any atom is -0.444 e. The highest BCUT2D eigenvalue weighted by molar-refractivity contribution is 7.91. The van der Waals surface area contributed by atoms with Crippen LogP contribution in [0, 0.1) is 0 Å². The van der Waals surface area contributed by atoms with Gasteiger partial charge in [0.2, 0.25) is 0 Å². The summed E-state index contributed by atoms with van der Waals surface area (Å²) in [6.07, 6.45) is -0.522. The number of benzene rings is 1. The van der Waals surface area contributed by atoms with Gasteiger partial charge in [-0.2, -0.15) is 0 Å². The number of sulfone groups is 1. The van der Waals surface area contributed by atoms with Crippen molar-refractivity contribution in [1.29, 1.82) is 0 Å². The Labute approximate surface area is 137 Å². The van der Waals surface area contributed by atoms with E-state index in [1.807, 2.05) is 0 Å². The second-order valence-electron chi connectivity index (χ2n) is 6.63. The van der Waals surface area contributed by atoms with Crippen molar-refractivity contribution >= 4 is 15.9 Å². The third-order valence-corrected chi connectivity index (χ3v) is 5.33. The summed E-state index contributed by atoms with van der Waals surface area (Å²) in [6.45, 7) is 7.63. The van der Waals surface area contributed by atoms with Crippen LogP contribution in [-0.2, 0) is 24.8 Å². The van der Waals surface area contributed by atoms with Gasteiger partial charge >= 0.3 is 6.09 Å². The van der Waals surface area contributed by atoms with Crippen molar-refractivity contribution in [3.8, 4) is 0 Å². The van der Waals surface area contributed by atoms with E-state index in [2.05, 4.69) is 5.32 Å². The van der Waals surface area contributed by atoms with Gasteiger partial charge < -0.3 is 14.8 Å². The van der Waals surface area contributed by atoms with Crippen LogP contribution in [0.3, 0.4) is 0 Å². The molecule has 23 heavy (non-hydrogen) atoms. The molecule has 1 heterocycles. The van der Waals surface area contributed by atoms with Crippen LogP contribution in [0.25, 0.3) is 0 Å². The van der Waals surface area contributed by atoms with E-state index in [0.29, 0.717) is 13.2 Å². The van der Waals surface area contributed by atoms with E-state index in [0.717, 1.165) is 5.56 Å². The van der Waals surface area contributed by atoms with E-state index < -0.39 is 27.1 Å². The average Bonchev–Trinajstić information content (AvgIpc) is 2.41. The molecule has 0 aliphatic carbocycles. The van der Waals surface area contributed by atoms with E-state index in [4.69, 9.17) is 9.47 Å². The lowest BCUT2D eigenvalue weighted by atomic mass is 9.88. The lowest BCUT2D eigenvalue weighted by molar-refractivity contribution is -0.0797. The molecule has 1 aliphatic heterocycles. The number of alkyl carbamates (subject to hydrolysis) is 1. The molecule has 128 valence electrons. The molecule has 0 atom stereocenters. The zero-order chi connectivity index (χ0) is 17.3. The third kappa shape index (κ3) is 4.03. The van der Waals surface area contributed by atoms with Crippen LogP contribution in [0.1, 0.15) is 33.3 Å². The van der Waals surface area contributed by atoms with Crippen molar-refractivity contribution in [3.05, 3.63) is 29.8 Å². The zero-order valence-corrected chi connectivity index (χ0v) is 14.7. The predicted octanol–water partition coefficient (Wildman–Crippen LogP) is 2.23. The standard InChI is InChI=1S/C16H23NO5S/c1-5-23(19,20)13-8-6-12(7-9-13)16(10-21-11-16)17-14(18)22-15(2,3)4/h6-9H,5,10-11H2,1-4H3,(H,17,18). The first-order valence-electron chi connectivity index (χ1n) is 7.50. The minimum atomic E-state index is -3.24. The molecule has 1 aromatic carbocycles. The Kier molecular flexibility index (Phi) is 4.73. The summed E-state index contributed by atoms with van der Waals surface area (Å²) in [5, 5.41) is 2.84. The summed E-state index contributed by atoms with van der Waals surface area (Å²) in [4.78, 5) is 12.3. The number of ether oxygens (including phenoxy) is 2. The van der Waals surface area contributed by atoms with Crippen LogP contribution in [0.4, 0.5) is 4.79 Å². The van der Waals surface area contributed by atoms with Crippen molar-refractivity contribution in [2.75, 3.05) is 19.0 Å². The van der Waals surface area contributed by atoms with Gasteiger partial charge in [0.25, 0.3) is 0 Å². The maximum atomic E-state index is 12.0. The summed E-state index contributed by atoms with van der Waals surface area (Å²) in [6, 6.07) is 6.54. The molecule has 0 aromatic heterocycles. The van der Waals surface area contributed by atoms with Crippen molar-refractivity contribution in [3.63, 3.8) is 0 Å². The number of nitrogens with one attached hydrogen (secondary N) is 1. The second kappa shape index (κ2) is 6.13. The number of carbonyl (C=O) groups excluding carboxylic acids is 1. The molecule has 0 saturated carbocycles. The van der Waals surface area contributed by atoms with Crippen LogP contribution in [0.5, 0.6) is 0 Å². The number of hydrogen-bond acceptors (Lipinski definition) is 5. The Bertz CT molecular complexity index is 669. The van der Waals surface area contributed by atoms with Crippen molar-refractivity contribution in [2.45, 2.75) is 43.7 Å². The minimum absolute atomic E-state index is 0.0523. The Morgan fingerprint density at radius 1 is 1.26 bits per heavy atom. The van der Waals surface area contributed by atoms with Gasteiger partial charge in [0.05, 0.1) is 23.9 Å². The third-order valence-electron chi connectivity index (χ3n) is 3.58. The summed E-state index contributed by atoms with van der Waals surface area (Å²) in [5.74, 6) is 0.0523. The molecular weight excluding hydrogens is 318 g/mol. The topological polar surface area (TPSA) is 81.7 Å². The van der Waals surface area contributed by atoms with E-state index in [1.165, 1.54) is 0 Å². The fourth-order valence-corrected chi connectivity index (χ4v) is 3.15. The van der Waals surface area contributed by atoms with E-state index in [9.17, 15) is 13.2 Å². The highest BCUT2D eigenvalue weighted by Gasteiger charge is 2.43. The number of amides is 1. The molecule has 1 N–H and O–H groups in total. The largest absolute Gasteiger partial charge is 0.444 e. The molecule has 2 rings (SSSR count). The fourth-order valence-electron chi connectivity index (χ4n) is 2.26. The Hall–Kier alpha value is -1.60. The number of carbonyl (C=O) groups is 1. The van der Waals surface area contributed by atoms with Crippen LogP contribution in [0.2, 0.25) is 0 Å². The average molecular weight is 341 g/mol. The maximum Gasteiger partial charge on any atom is 0.408 e. The lowest BCUT2D eigenvalue weighted by Crippen LogP contribution is -2.60. The van der Waals surface area contributed by atoms with Crippen molar-refractivity contribution < 1.29 is 22.7 Å². The second-order valence-corrected chi connectivity index (χ2v) is 8.91. The van der Waals surface area contributed by atoms with Crippen LogP contribution >= 0.6 is 0 Å². The first-order chi connectivity index (χ1) is 10.6. The molecule has 0 spiro atoms. The lowest BCUT2D eigenvalue weighted by Gasteiger charge is -2.42. The molecule has 0 bridgehead atoms. The van der Waals surface area contributed by atoms with Gasteiger partial charge in [-0.1, -0.05) is 19.1 Å². The molecule has 0 radical (unpaired) electrons. The molecule has 1 saturated heterocycles. The Morgan fingerprint density at radius 3 is 2.22 bits per heavy atom. The number of hydrogen-bond donors (Lipinski definition) is 1. The monoisotopic (exact) mass is 341 g/mol. The molecule has 0 unspecified atom stereocenters. The predicted molar refractivity (Wildman–Crippen MR) is 86.0 cm³/mol. The molecule has 7 heteroatoms. The molecule has 6 nitrogen and oxygen atoms in total. The molecule has 1 aliphatic rings. The first-order valence-corrected chi connectivity index (χ1v) is 9.15. The summed E-state index contributed by atoms with van der Waals surface area (Å²) < 4.78 is 34.3. The van der Waals surface area contributed by atoms with Gasteiger partial charge in [-0.3, -0.25) is 0 Å². The molecule has 1 aromatic rings. The van der Waals surface area contributed by atoms with Crippen molar-refractivity contribution in [2.24, 2.45) is 0 Å². The summed E-state index contributed by atoms with van der Waals surface area (Å²) >= 11 is 0. The highest BCUT2D eigenvalue weighted by Crippen LogP contribution is 2.31. The summed E-state index contributed by atoms with van der Waals surface area (Å²) in [5.41, 5.74) is -0.462. The van der Waals surface area contributed by atoms with Gasteiger partial charge in [-0.25, -0.2) is 13.2 Å². The van der Waals surface area contributed by atoms with Crippen LogP contribution in [0.15, 0.2) is 29.2 Å². The van der Waals surface area contributed by atoms with Gasteiger partial charge in [0, 0.05) is 0 Å². The Balaban J connectivity index is 2.19. The highest BCUT2D eigenvalue weighted by atomic mass is 32.2.